The highest BCUT2D eigenvalue weighted by atomic mass is 16.2. The lowest BCUT2D eigenvalue weighted by Crippen LogP contribution is -2.35. The molecule has 0 aliphatic carbocycles. The number of hydrogen-bond acceptors (Lipinski definition) is 2. The molecule has 3 rings (SSSR count). The lowest BCUT2D eigenvalue weighted by atomic mass is 10.2. The summed E-state index contributed by atoms with van der Waals surface area (Å²) >= 11 is 0. The first-order valence-electron chi connectivity index (χ1n) is 6.45. The molecule has 1 amide bonds. The summed E-state index contributed by atoms with van der Waals surface area (Å²) in [5, 5.41) is 0. The fourth-order valence-corrected chi connectivity index (χ4v) is 2.43. The third kappa shape index (κ3) is 1.86. The number of fused-ring (bicyclic) bond motifs is 3. The number of pyridine rings is 1. The Morgan fingerprint density at radius 2 is 2.25 bits per heavy atom. The van der Waals surface area contributed by atoms with Gasteiger partial charge < -0.3 is 4.57 Å². The largest absolute Gasteiger partial charge is 0.302 e. The monoisotopic (exact) mass is 265 g/mol. The summed E-state index contributed by atoms with van der Waals surface area (Å²) in [7, 11) is 0. The van der Waals surface area contributed by atoms with E-state index in [0.29, 0.717) is 12.1 Å². The maximum atomic E-state index is 12.6. The van der Waals surface area contributed by atoms with E-state index in [1.165, 1.54) is 0 Å². The molecule has 0 aromatic carbocycles. The average Bonchev–Trinajstić information content (AvgIpc) is 2.94. The number of anilines is 1. The van der Waals surface area contributed by atoms with E-state index in [0.717, 1.165) is 17.2 Å². The maximum absolute atomic E-state index is 12.6. The van der Waals surface area contributed by atoms with Crippen molar-refractivity contribution < 1.29 is 4.79 Å². The van der Waals surface area contributed by atoms with Crippen LogP contribution in [-0.4, -0.2) is 15.5 Å². The quantitative estimate of drug-likeness (QED) is 0.618. The molecule has 100 valence electrons. The molecule has 4 nitrogen and oxygen atoms in total. The van der Waals surface area contributed by atoms with Crippen LogP contribution in [0.25, 0.3) is 5.82 Å². The van der Waals surface area contributed by atoms with Crippen LogP contribution in [0.2, 0.25) is 0 Å². The first kappa shape index (κ1) is 12.4. The van der Waals surface area contributed by atoms with E-state index in [1.807, 2.05) is 35.0 Å². The molecule has 0 saturated heterocycles. The number of rotatable bonds is 2. The summed E-state index contributed by atoms with van der Waals surface area (Å²) in [6.07, 6.45) is 7.06. The van der Waals surface area contributed by atoms with Crippen LogP contribution in [0, 0.1) is 0 Å². The zero-order valence-corrected chi connectivity index (χ0v) is 11.3. The molecule has 0 radical (unpaired) electrons. The fourth-order valence-electron chi connectivity index (χ4n) is 2.43. The van der Waals surface area contributed by atoms with Crippen LogP contribution in [0.5, 0.6) is 0 Å². The van der Waals surface area contributed by atoms with Crippen LogP contribution in [0.4, 0.5) is 5.69 Å². The molecule has 20 heavy (non-hydrogen) atoms. The molecular formula is C16H15N3O. The van der Waals surface area contributed by atoms with Crippen molar-refractivity contribution in [2.75, 3.05) is 4.90 Å². The van der Waals surface area contributed by atoms with E-state index < -0.39 is 0 Å². The highest BCUT2D eigenvalue weighted by Gasteiger charge is 2.27. The molecule has 1 aliphatic heterocycles. The van der Waals surface area contributed by atoms with Crippen molar-refractivity contribution in [1.29, 1.82) is 0 Å². The molecule has 0 N–H and O–H groups in total. The molecule has 0 atom stereocenters. The summed E-state index contributed by atoms with van der Waals surface area (Å²) in [6.45, 7) is 5.98. The standard InChI is InChI=1S/C16H15N3O/c1-3-6-12(2)16(20)19-11-13-7-5-10-18(13)15-14(19)8-4-9-17-15/h3-10H,1,11H2,2H3/b12-6+. The summed E-state index contributed by atoms with van der Waals surface area (Å²) in [5.74, 6) is 0.769. The molecule has 0 fully saturated rings. The van der Waals surface area contributed by atoms with Crippen molar-refractivity contribution in [1.82, 2.24) is 9.55 Å². The normalized spacial score (nSPS) is 13.7. The SMILES string of the molecule is C=C/C=C(\C)C(=O)N1Cc2cccn2-c2ncccc21. The average molecular weight is 265 g/mol. The fraction of sp³-hybridized carbons (Fsp3) is 0.125. The van der Waals surface area contributed by atoms with Gasteiger partial charge in [0.2, 0.25) is 0 Å². The van der Waals surface area contributed by atoms with Crippen molar-refractivity contribution >= 4 is 11.6 Å². The van der Waals surface area contributed by atoms with Gasteiger partial charge in [-0.25, -0.2) is 4.98 Å². The number of carbonyl (C=O) groups is 1. The minimum atomic E-state index is -0.0217. The summed E-state index contributed by atoms with van der Waals surface area (Å²) in [5.41, 5.74) is 2.55. The van der Waals surface area contributed by atoms with Gasteiger partial charge in [-0.1, -0.05) is 18.7 Å². The third-order valence-electron chi connectivity index (χ3n) is 3.39. The molecule has 2 aromatic heterocycles. The zero-order valence-electron chi connectivity index (χ0n) is 11.3. The Bertz CT molecular complexity index is 712. The lowest BCUT2D eigenvalue weighted by molar-refractivity contribution is -0.115. The van der Waals surface area contributed by atoms with Gasteiger partial charge in [0.05, 0.1) is 12.2 Å². The smallest absolute Gasteiger partial charge is 0.254 e. The van der Waals surface area contributed by atoms with Gasteiger partial charge in [0.15, 0.2) is 5.82 Å². The minimum absolute atomic E-state index is 0.0217. The van der Waals surface area contributed by atoms with E-state index >= 15 is 0 Å². The lowest BCUT2D eigenvalue weighted by Gasteiger charge is -2.30. The first-order chi connectivity index (χ1) is 9.72. The maximum Gasteiger partial charge on any atom is 0.254 e. The Morgan fingerprint density at radius 3 is 3.05 bits per heavy atom. The van der Waals surface area contributed by atoms with Crippen LogP contribution in [0.3, 0.4) is 0 Å². The molecule has 0 spiro atoms. The Morgan fingerprint density at radius 1 is 1.40 bits per heavy atom. The van der Waals surface area contributed by atoms with Gasteiger partial charge >= 0.3 is 0 Å². The van der Waals surface area contributed by atoms with Gasteiger partial charge in [-0.05, 0) is 31.2 Å². The summed E-state index contributed by atoms with van der Waals surface area (Å²) in [6, 6.07) is 7.74. The Hall–Kier alpha value is -2.62. The van der Waals surface area contributed by atoms with Crippen molar-refractivity contribution in [3.8, 4) is 5.82 Å². The molecule has 1 aliphatic rings. The molecule has 4 heteroatoms. The zero-order chi connectivity index (χ0) is 14.1. The Kier molecular flexibility index (Phi) is 2.99. The van der Waals surface area contributed by atoms with E-state index in [4.69, 9.17) is 0 Å². The molecule has 3 heterocycles. The van der Waals surface area contributed by atoms with Gasteiger partial charge in [0.25, 0.3) is 5.91 Å². The number of nitrogens with zero attached hydrogens (tertiary/aromatic N) is 3. The third-order valence-corrected chi connectivity index (χ3v) is 3.39. The van der Waals surface area contributed by atoms with Gasteiger partial charge in [0, 0.05) is 23.7 Å². The predicted molar refractivity (Wildman–Crippen MR) is 78.7 cm³/mol. The van der Waals surface area contributed by atoms with Gasteiger partial charge in [0.1, 0.15) is 0 Å². The number of carbonyl (C=O) groups excluding carboxylic acids is 1. The van der Waals surface area contributed by atoms with Crippen LogP contribution >= 0.6 is 0 Å². The minimum Gasteiger partial charge on any atom is -0.302 e. The van der Waals surface area contributed by atoms with Crippen LogP contribution in [-0.2, 0) is 11.3 Å². The highest BCUT2D eigenvalue weighted by molar-refractivity contribution is 6.06. The topological polar surface area (TPSA) is 38.1 Å². The first-order valence-corrected chi connectivity index (χ1v) is 6.45. The van der Waals surface area contributed by atoms with Crippen molar-refractivity contribution in [2.45, 2.75) is 13.5 Å². The van der Waals surface area contributed by atoms with Gasteiger partial charge in [-0.2, -0.15) is 0 Å². The van der Waals surface area contributed by atoms with E-state index in [1.54, 1.807) is 30.2 Å². The number of hydrogen-bond donors (Lipinski definition) is 0. The van der Waals surface area contributed by atoms with Crippen molar-refractivity contribution in [2.24, 2.45) is 0 Å². The van der Waals surface area contributed by atoms with Gasteiger partial charge in [-0.15, -0.1) is 0 Å². The van der Waals surface area contributed by atoms with Crippen molar-refractivity contribution in [3.05, 3.63) is 66.7 Å². The molecule has 0 bridgehead atoms. The second-order valence-corrected chi connectivity index (χ2v) is 4.69. The Labute approximate surface area is 117 Å². The van der Waals surface area contributed by atoms with Crippen LogP contribution < -0.4 is 4.90 Å². The molecule has 2 aromatic rings. The Balaban J connectivity index is 2.10. The van der Waals surface area contributed by atoms with E-state index in [-0.39, 0.29) is 5.91 Å². The van der Waals surface area contributed by atoms with Crippen LogP contribution in [0.1, 0.15) is 12.6 Å². The van der Waals surface area contributed by atoms with E-state index in [2.05, 4.69) is 11.6 Å². The van der Waals surface area contributed by atoms with E-state index in [9.17, 15) is 4.79 Å². The second kappa shape index (κ2) is 4.81. The van der Waals surface area contributed by atoms with Crippen molar-refractivity contribution in [3.63, 3.8) is 0 Å². The summed E-state index contributed by atoms with van der Waals surface area (Å²) in [4.78, 5) is 18.7. The number of allylic oxidation sites excluding steroid dienone is 2. The second-order valence-electron chi connectivity index (χ2n) is 4.69. The summed E-state index contributed by atoms with van der Waals surface area (Å²) < 4.78 is 2.02. The molecule has 0 saturated carbocycles. The molecule has 0 unspecified atom stereocenters. The highest BCUT2D eigenvalue weighted by Crippen LogP contribution is 2.31. The van der Waals surface area contributed by atoms with Gasteiger partial charge in [-0.3, -0.25) is 9.69 Å². The predicted octanol–water partition coefficient (Wildman–Crippen LogP) is 2.85. The number of aromatic nitrogens is 2. The number of amides is 1. The molecular weight excluding hydrogens is 250 g/mol. The van der Waals surface area contributed by atoms with Crippen LogP contribution in [0.15, 0.2) is 61.0 Å².